The van der Waals surface area contributed by atoms with E-state index in [9.17, 15) is 18.7 Å². The number of hydrogen-bond acceptors (Lipinski definition) is 3. The number of β-amino-alcohol motifs (C(OH)–C–C–N with tert-alkyl or cyclic N) is 1. The first kappa shape index (κ1) is 14.7. The second-order valence-corrected chi connectivity index (χ2v) is 5.42. The maximum Gasteiger partial charge on any atom is 0.257 e. The fourth-order valence-electron chi connectivity index (χ4n) is 2.86. The Kier molecular flexibility index (Phi) is 3.70. The van der Waals surface area contributed by atoms with E-state index in [2.05, 4.69) is 0 Å². The van der Waals surface area contributed by atoms with Crippen LogP contribution in [0.25, 0.3) is 0 Å². The molecule has 0 aliphatic carbocycles. The van der Waals surface area contributed by atoms with Crippen molar-refractivity contribution in [3.05, 3.63) is 59.1 Å². The van der Waals surface area contributed by atoms with Crippen LogP contribution in [0.4, 0.5) is 8.78 Å². The predicted molar refractivity (Wildman–Crippen MR) is 74.2 cm³/mol. The van der Waals surface area contributed by atoms with Crippen molar-refractivity contribution in [1.82, 2.24) is 4.90 Å². The lowest BCUT2D eigenvalue weighted by Gasteiger charge is -2.25. The summed E-state index contributed by atoms with van der Waals surface area (Å²) in [6, 6.07) is 3.95. The Hall–Kier alpha value is -2.21. The van der Waals surface area contributed by atoms with Crippen LogP contribution in [-0.4, -0.2) is 28.6 Å². The molecule has 1 N–H and O–H groups in total. The van der Waals surface area contributed by atoms with Gasteiger partial charge in [-0.2, -0.15) is 0 Å². The molecule has 1 aromatic heterocycles. The minimum absolute atomic E-state index is 0.0735. The highest BCUT2D eigenvalue weighted by molar-refractivity contribution is 5.95. The third-order valence-electron chi connectivity index (χ3n) is 3.95. The van der Waals surface area contributed by atoms with Crippen LogP contribution in [0.1, 0.15) is 34.1 Å². The Labute approximate surface area is 126 Å². The van der Waals surface area contributed by atoms with Crippen molar-refractivity contribution in [2.75, 3.05) is 6.54 Å². The summed E-state index contributed by atoms with van der Waals surface area (Å²) < 4.78 is 32.5. The van der Waals surface area contributed by atoms with Gasteiger partial charge in [0.05, 0.1) is 24.0 Å². The maximum absolute atomic E-state index is 14.0. The van der Waals surface area contributed by atoms with Gasteiger partial charge in [0.1, 0.15) is 17.4 Å². The van der Waals surface area contributed by atoms with Crippen molar-refractivity contribution >= 4 is 5.91 Å². The number of carbonyl (C=O) groups excluding carboxylic acids is 1. The lowest BCUT2D eigenvalue weighted by atomic mass is 10.0. The summed E-state index contributed by atoms with van der Waals surface area (Å²) in [5.41, 5.74) is 0.432. The van der Waals surface area contributed by atoms with Gasteiger partial charge >= 0.3 is 0 Å². The number of carbonyl (C=O) groups is 1. The van der Waals surface area contributed by atoms with Crippen molar-refractivity contribution in [3.63, 3.8) is 0 Å². The molecular formula is C16H15F2NO3. The fraction of sp³-hybridized carbons (Fsp3) is 0.312. The van der Waals surface area contributed by atoms with E-state index in [1.807, 2.05) is 0 Å². The minimum Gasteiger partial charge on any atom is -0.469 e. The SMILES string of the molecule is Cc1occc1C(=O)N1CC(O)CC1c1cc(F)ccc1F. The third kappa shape index (κ3) is 2.50. The molecule has 22 heavy (non-hydrogen) atoms. The van der Waals surface area contributed by atoms with Crippen LogP contribution in [0.5, 0.6) is 0 Å². The largest absolute Gasteiger partial charge is 0.469 e. The zero-order valence-corrected chi connectivity index (χ0v) is 11.9. The number of benzene rings is 1. The molecule has 4 nitrogen and oxygen atoms in total. The van der Waals surface area contributed by atoms with Gasteiger partial charge in [-0.3, -0.25) is 4.79 Å². The molecule has 0 bridgehead atoms. The highest BCUT2D eigenvalue weighted by Gasteiger charge is 2.38. The highest BCUT2D eigenvalue weighted by atomic mass is 19.1. The first-order chi connectivity index (χ1) is 10.5. The summed E-state index contributed by atoms with van der Waals surface area (Å²) in [4.78, 5) is 14.0. The molecule has 2 atom stereocenters. The van der Waals surface area contributed by atoms with Crippen LogP contribution in [-0.2, 0) is 0 Å². The van der Waals surface area contributed by atoms with Crippen molar-refractivity contribution in [3.8, 4) is 0 Å². The van der Waals surface area contributed by atoms with E-state index >= 15 is 0 Å². The topological polar surface area (TPSA) is 53.7 Å². The lowest BCUT2D eigenvalue weighted by molar-refractivity contribution is 0.0712. The molecule has 3 rings (SSSR count). The van der Waals surface area contributed by atoms with Gasteiger partial charge in [0.25, 0.3) is 5.91 Å². The van der Waals surface area contributed by atoms with Crippen LogP contribution in [0, 0.1) is 18.6 Å². The Morgan fingerprint density at radius 1 is 1.36 bits per heavy atom. The van der Waals surface area contributed by atoms with E-state index in [0.717, 1.165) is 18.2 Å². The number of rotatable bonds is 2. The Balaban J connectivity index is 1.98. The van der Waals surface area contributed by atoms with E-state index in [-0.39, 0.29) is 24.4 Å². The molecule has 6 heteroatoms. The van der Waals surface area contributed by atoms with Gasteiger partial charge in [-0.05, 0) is 37.6 Å². The average molecular weight is 307 g/mol. The molecule has 116 valence electrons. The van der Waals surface area contributed by atoms with E-state index in [4.69, 9.17) is 4.42 Å². The highest BCUT2D eigenvalue weighted by Crippen LogP contribution is 2.35. The van der Waals surface area contributed by atoms with Crippen LogP contribution >= 0.6 is 0 Å². The summed E-state index contributed by atoms with van der Waals surface area (Å²) in [5, 5.41) is 9.87. The van der Waals surface area contributed by atoms with Gasteiger partial charge in [0, 0.05) is 12.1 Å². The zero-order valence-electron chi connectivity index (χ0n) is 11.9. The molecule has 2 aromatic rings. The Bertz CT molecular complexity index is 713. The van der Waals surface area contributed by atoms with E-state index in [1.54, 1.807) is 6.92 Å². The molecule has 2 unspecified atom stereocenters. The molecule has 2 heterocycles. The average Bonchev–Trinajstić information content (AvgIpc) is 3.07. The predicted octanol–water partition coefficient (Wildman–Crippen LogP) is 2.81. The van der Waals surface area contributed by atoms with Crippen molar-refractivity contribution in [1.29, 1.82) is 0 Å². The van der Waals surface area contributed by atoms with Gasteiger partial charge in [0.2, 0.25) is 0 Å². The van der Waals surface area contributed by atoms with Gasteiger partial charge in [-0.15, -0.1) is 0 Å². The van der Waals surface area contributed by atoms with Crippen LogP contribution < -0.4 is 0 Å². The quantitative estimate of drug-likeness (QED) is 0.928. The van der Waals surface area contributed by atoms with E-state index in [1.165, 1.54) is 17.2 Å². The Morgan fingerprint density at radius 2 is 2.14 bits per heavy atom. The molecule has 0 spiro atoms. The standard InChI is InChI=1S/C16H15F2NO3/c1-9-12(4-5-22-9)16(21)19-8-11(20)7-15(19)13-6-10(17)2-3-14(13)18/h2-6,11,15,20H,7-8H2,1H3. The zero-order chi connectivity index (χ0) is 15.9. The van der Waals surface area contributed by atoms with Gasteiger partial charge < -0.3 is 14.4 Å². The molecule has 1 aliphatic rings. The third-order valence-corrected chi connectivity index (χ3v) is 3.95. The van der Waals surface area contributed by atoms with E-state index < -0.39 is 23.8 Å². The molecule has 1 fully saturated rings. The van der Waals surface area contributed by atoms with Gasteiger partial charge in [-0.1, -0.05) is 0 Å². The minimum atomic E-state index is -0.774. The molecule has 1 amide bonds. The molecule has 1 saturated heterocycles. The first-order valence-corrected chi connectivity index (χ1v) is 6.95. The maximum atomic E-state index is 14.0. The lowest BCUT2D eigenvalue weighted by Crippen LogP contribution is -2.32. The van der Waals surface area contributed by atoms with Crippen LogP contribution in [0.2, 0.25) is 0 Å². The summed E-state index contributed by atoms with van der Waals surface area (Å²) in [5.74, 6) is -1.09. The second kappa shape index (κ2) is 5.53. The Morgan fingerprint density at radius 3 is 2.82 bits per heavy atom. The molecule has 1 aliphatic heterocycles. The number of halogens is 2. The number of nitrogens with zero attached hydrogens (tertiary/aromatic N) is 1. The van der Waals surface area contributed by atoms with E-state index in [0.29, 0.717) is 11.3 Å². The van der Waals surface area contributed by atoms with Crippen LogP contribution in [0.15, 0.2) is 34.9 Å². The second-order valence-electron chi connectivity index (χ2n) is 5.42. The monoisotopic (exact) mass is 307 g/mol. The normalized spacial score (nSPS) is 21.4. The van der Waals surface area contributed by atoms with Gasteiger partial charge in [0.15, 0.2) is 0 Å². The number of likely N-dealkylation sites (tertiary alicyclic amines) is 1. The summed E-state index contributed by atoms with van der Waals surface area (Å²) >= 11 is 0. The summed E-state index contributed by atoms with van der Waals surface area (Å²) in [6.07, 6.45) is 0.791. The summed E-state index contributed by atoms with van der Waals surface area (Å²) in [7, 11) is 0. The molecule has 0 radical (unpaired) electrons. The number of furan rings is 1. The molecular weight excluding hydrogens is 292 g/mol. The van der Waals surface area contributed by atoms with Crippen LogP contribution in [0.3, 0.4) is 0 Å². The molecule has 0 saturated carbocycles. The van der Waals surface area contributed by atoms with Crippen molar-refractivity contribution in [2.45, 2.75) is 25.5 Å². The van der Waals surface area contributed by atoms with Crippen molar-refractivity contribution < 1.29 is 23.1 Å². The number of amides is 1. The smallest absolute Gasteiger partial charge is 0.257 e. The number of aliphatic hydroxyl groups excluding tert-OH is 1. The van der Waals surface area contributed by atoms with Gasteiger partial charge in [-0.25, -0.2) is 8.78 Å². The number of aryl methyl sites for hydroxylation is 1. The first-order valence-electron chi connectivity index (χ1n) is 6.95. The number of aliphatic hydroxyl groups is 1. The number of hydrogen-bond donors (Lipinski definition) is 1. The van der Waals surface area contributed by atoms with Crippen molar-refractivity contribution in [2.24, 2.45) is 0 Å². The molecule has 1 aromatic carbocycles. The fourth-order valence-corrected chi connectivity index (χ4v) is 2.86. The summed E-state index contributed by atoms with van der Waals surface area (Å²) in [6.45, 7) is 1.72.